The van der Waals surface area contributed by atoms with E-state index in [1.54, 1.807) is 14.2 Å². The van der Waals surface area contributed by atoms with Crippen molar-refractivity contribution < 1.29 is 9.47 Å². The van der Waals surface area contributed by atoms with Crippen LogP contribution in [0, 0.1) is 5.92 Å². The van der Waals surface area contributed by atoms with Gasteiger partial charge in [0, 0.05) is 0 Å². The van der Waals surface area contributed by atoms with Crippen molar-refractivity contribution in [1.29, 1.82) is 0 Å². The lowest BCUT2D eigenvalue weighted by Crippen LogP contribution is -2.23. The van der Waals surface area contributed by atoms with Crippen LogP contribution in [0.5, 0.6) is 11.5 Å². The number of rotatable bonds is 7. The molecule has 17 heavy (non-hydrogen) atoms. The molecule has 96 valence electrons. The van der Waals surface area contributed by atoms with Crippen LogP contribution in [0.4, 0.5) is 0 Å². The van der Waals surface area contributed by atoms with Crippen molar-refractivity contribution >= 4 is 0 Å². The maximum Gasteiger partial charge on any atom is 0.160 e. The highest BCUT2D eigenvalue weighted by molar-refractivity contribution is 5.42. The second-order valence-corrected chi connectivity index (χ2v) is 4.07. The zero-order valence-corrected chi connectivity index (χ0v) is 10.6. The van der Waals surface area contributed by atoms with Crippen molar-refractivity contribution in [3.05, 3.63) is 23.8 Å². The first-order valence-corrected chi connectivity index (χ1v) is 5.86. The summed E-state index contributed by atoms with van der Waals surface area (Å²) < 4.78 is 10.5. The zero-order valence-electron chi connectivity index (χ0n) is 10.6. The topological polar surface area (TPSA) is 70.5 Å². The van der Waals surface area contributed by atoms with Crippen LogP contribution in [0.15, 0.2) is 18.2 Å². The Bertz CT molecular complexity index is 338. The third kappa shape index (κ3) is 3.91. The van der Waals surface area contributed by atoms with Gasteiger partial charge in [-0.25, -0.2) is 0 Å². The Labute approximate surface area is 103 Å². The van der Waals surface area contributed by atoms with Crippen molar-refractivity contribution in [3.63, 3.8) is 0 Å². The van der Waals surface area contributed by atoms with E-state index in [1.165, 1.54) is 5.56 Å². The Morgan fingerprint density at radius 3 is 2.24 bits per heavy atom. The van der Waals surface area contributed by atoms with Crippen LogP contribution in [0.1, 0.15) is 12.0 Å². The highest BCUT2D eigenvalue weighted by Crippen LogP contribution is 2.28. The smallest absolute Gasteiger partial charge is 0.160 e. The molecule has 4 heteroatoms. The van der Waals surface area contributed by atoms with Crippen LogP contribution in [0.2, 0.25) is 0 Å². The van der Waals surface area contributed by atoms with Crippen molar-refractivity contribution in [1.82, 2.24) is 0 Å². The van der Waals surface area contributed by atoms with Gasteiger partial charge in [0.1, 0.15) is 0 Å². The summed E-state index contributed by atoms with van der Waals surface area (Å²) in [5.41, 5.74) is 12.5. The number of hydrogen-bond acceptors (Lipinski definition) is 4. The summed E-state index contributed by atoms with van der Waals surface area (Å²) in [6.07, 6.45) is 1.96. The van der Waals surface area contributed by atoms with E-state index in [1.807, 2.05) is 18.2 Å². The van der Waals surface area contributed by atoms with Crippen molar-refractivity contribution in [3.8, 4) is 11.5 Å². The van der Waals surface area contributed by atoms with Gasteiger partial charge in [0.2, 0.25) is 0 Å². The molecule has 0 bridgehead atoms. The molecule has 0 spiro atoms. The van der Waals surface area contributed by atoms with Crippen LogP contribution in [0.25, 0.3) is 0 Å². The molecule has 0 aliphatic rings. The molecule has 0 radical (unpaired) electrons. The van der Waals surface area contributed by atoms with Gasteiger partial charge in [-0.3, -0.25) is 0 Å². The molecule has 0 amide bonds. The lowest BCUT2D eigenvalue weighted by molar-refractivity contribution is 0.354. The molecule has 0 fully saturated rings. The minimum absolute atomic E-state index is 0.392. The van der Waals surface area contributed by atoms with Crippen LogP contribution in [-0.4, -0.2) is 27.3 Å². The Morgan fingerprint density at radius 2 is 1.71 bits per heavy atom. The second-order valence-electron chi connectivity index (χ2n) is 4.07. The molecule has 0 aliphatic heterocycles. The van der Waals surface area contributed by atoms with E-state index < -0.39 is 0 Å². The Balaban J connectivity index is 2.66. The van der Waals surface area contributed by atoms with Gasteiger partial charge < -0.3 is 20.9 Å². The van der Waals surface area contributed by atoms with Crippen molar-refractivity contribution in [2.75, 3.05) is 27.3 Å². The lowest BCUT2D eigenvalue weighted by Gasteiger charge is -2.13. The molecule has 0 aliphatic carbocycles. The minimum Gasteiger partial charge on any atom is -0.493 e. The number of nitrogens with two attached hydrogens (primary N) is 2. The Kier molecular flexibility index (Phi) is 5.80. The molecule has 0 saturated heterocycles. The van der Waals surface area contributed by atoms with Crippen LogP contribution in [-0.2, 0) is 6.42 Å². The molecule has 4 N–H and O–H groups in total. The van der Waals surface area contributed by atoms with Gasteiger partial charge in [0.15, 0.2) is 11.5 Å². The Hall–Kier alpha value is -1.26. The molecule has 4 nitrogen and oxygen atoms in total. The summed E-state index contributed by atoms with van der Waals surface area (Å²) in [5.74, 6) is 1.91. The standard InChI is InChI=1S/C13H22N2O2/c1-16-12-6-5-10(7-13(12)17-2)3-4-11(8-14)9-15/h5-7,11H,3-4,8-9,14-15H2,1-2H3. The van der Waals surface area contributed by atoms with Crippen LogP contribution in [0.3, 0.4) is 0 Å². The normalized spacial score (nSPS) is 10.6. The fraction of sp³-hybridized carbons (Fsp3) is 0.538. The number of benzene rings is 1. The van der Waals surface area contributed by atoms with E-state index in [0.29, 0.717) is 19.0 Å². The predicted molar refractivity (Wildman–Crippen MR) is 69.5 cm³/mol. The van der Waals surface area contributed by atoms with E-state index in [0.717, 1.165) is 24.3 Å². The van der Waals surface area contributed by atoms with Crippen LogP contribution >= 0.6 is 0 Å². The molecule has 0 unspecified atom stereocenters. The number of aryl methyl sites for hydroxylation is 1. The quantitative estimate of drug-likeness (QED) is 0.748. The lowest BCUT2D eigenvalue weighted by atomic mass is 9.99. The monoisotopic (exact) mass is 238 g/mol. The van der Waals surface area contributed by atoms with Gasteiger partial charge in [-0.05, 0) is 49.5 Å². The summed E-state index contributed by atoms with van der Waals surface area (Å²) >= 11 is 0. The van der Waals surface area contributed by atoms with Gasteiger partial charge in [-0.2, -0.15) is 0 Å². The average Bonchev–Trinajstić information content (AvgIpc) is 2.39. The first-order valence-electron chi connectivity index (χ1n) is 5.86. The summed E-state index contributed by atoms with van der Waals surface area (Å²) in [4.78, 5) is 0. The third-order valence-corrected chi connectivity index (χ3v) is 2.96. The molecular formula is C13H22N2O2. The van der Waals surface area contributed by atoms with Gasteiger partial charge in [0.25, 0.3) is 0 Å². The molecule has 1 aromatic carbocycles. The van der Waals surface area contributed by atoms with Crippen molar-refractivity contribution in [2.24, 2.45) is 17.4 Å². The fourth-order valence-electron chi connectivity index (χ4n) is 1.74. The minimum atomic E-state index is 0.392. The fourth-order valence-corrected chi connectivity index (χ4v) is 1.74. The zero-order chi connectivity index (χ0) is 12.7. The SMILES string of the molecule is COc1ccc(CCC(CN)CN)cc1OC. The molecule has 1 rings (SSSR count). The molecule has 0 atom stereocenters. The van der Waals surface area contributed by atoms with Gasteiger partial charge in [0.05, 0.1) is 14.2 Å². The highest BCUT2D eigenvalue weighted by atomic mass is 16.5. The largest absolute Gasteiger partial charge is 0.493 e. The van der Waals surface area contributed by atoms with Crippen LogP contribution < -0.4 is 20.9 Å². The molecular weight excluding hydrogens is 216 g/mol. The van der Waals surface area contributed by atoms with Gasteiger partial charge >= 0.3 is 0 Å². The number of hydrogen-bond donors (Lipinski definition) is 2. The van der Waals surface area contributed by atoms with E-state index in [2.05, 4.69) is 0 Å². The summed E-state index contributed by atoms with van der Waals surface area (Å²) in [5, 5.41) is 0. The third-order valence-electron chi connectivity index (χ3n) is 2.96. The predicted octanol–water partition coefficient (Wildman–Crippen LogP) is 1.17. The number of ether oxygens (including phenoxy) is 2. The maximum atomic E-state index is 5.62. The first-order chi connectivity index (χ1) is 8.24. The summed E-state index contributed by atoms with van der Waals surface area (Å²) in [6, 6.07) is 5.97. The number of methoxy groups -OCH3 is 2. The molecule has 0 aromatic heterocycles. The van der Waals surface area contributed by atoms with E-state index in [-0.39, 0.29) is 0 Å². The maximum absolute atomic E-state index is 5.62. The van der Waals surface area contributed by atoms with Gasteiger partial charge in [-0.15, -0.1) is 0 Å². The average molecular weight is 238 g/mol. The van der Waals surface area contributed by atoms with Gasteiger partial charge in [-0.1, -0.05) is 6.07 Å². The van der Waals surface area contributed by atoms with Crippen molar-refractivity contribution in [2.45, 2.75) is 12.8 Å². The molecule has 0 saturated carbocycles. The van der Waals surface area contributed by atoms with E-state index in [4.69, 9.17) is 20.9 Å². The first kappa shape index (κ1) is 13.8. The summed E-state index contributed by atoms with van der Waals surface area (Å²) in [7, 11) is 3.28. The van der Waals surface area contributed by atoms with E-state index >= 15 is 0 Å². The molecule has 1 aromatic rings. The van der Waals surface area contributed by atoms with E-state index in [9.17, 15) is 0 Å². The Morgan fingerprint density at radius 1 is 1.06 bits per heavy atom. The molecule has 0 heterocycles. The summed E-state index contributed by atoms with van der Waals surface area (Å²) in [6.45, 7) is 1.29. The second kappa shape index (κ2) is 7.14. The highest BCUT2D eigenvalue weighted by Gasteiger charge is 2.07.